The van der Waals surface area contributed by atoms with Gasteiger partial charge in [-0.05, 0) is 36.1 Å². The first kappa shape index (κ1) is 23.9. The van der Waals surface area contributed by atoms with Crippen LogP contribution in [0.5, 0.6) is 0 Å². The third-order valence-electron chi connectivity index (χ3n) is 4.81. The van der Waals surface area contributed by atoms with Crippen molar-refractivity contribution in [3.8, 4) is 0 Å². The average molecular weight is 428 g/mol. The molecule has 0 spiro atoms. The number of aliphatic hydroxyl groups excluding tert-OH is 1. The summed E-state index contributed by atoms with van der Waals surface area (Å²) in [6, 6.07) is 14.0. The number of rotatable bonds is 10. The van der Waals surface area contributed by atoms with Crippen LogP contribution < -0.4 is 16.4 Å². The van der Waals surface area contributed by atoms with Crippen LogP contribution >= 0.6 is 0 Å². The zero-order valence-corrected chi connectivity index (χ0v) is 17.8. The summed E-state index contributed by atoms with van der Waals surface area (Å²) < 4.78 is 5.04. The molecular formula is C23H29N3O5. The molecule has 0 heterocycles. The first-order valence-corrected chi connectivity index (χ1v) is 10.0. The Morgan fingerprint density at radius 2 is 1.74 bits per heavy atom. The summed E-state index contributed by atoms with van der Waals surface area (Å²) in [6.07, 6.45) is -1.88. The first-order valence-electron chi connectivity index (χ1n) is 10.0. The van der Waals surface area contributed by atoms with E-state index in [2.05, 4.69) is 10.6 Å². The smallest absolute Gasteiger partial charge is 0.407 e. The first-order chi connectivity index (χ1) is 14.7. The average Bonchev–Trinajstić information content (AvgIpc) is 2.73. The number of hydrogen-bond donors (Lipinski definition) is 4. The van der Waals surface area contributed by atoms with E-state index in [4.69, 9.17) is 10.5 Å². The number of nitrogens with two attached hydrogens (primary N) is 1. The van der Waals surface area contributed by atoms with Crippen molar-refractivity contribution in [2.45, 2.75) is 45.4 Å². The summed E-state index contributed by atoms with van der Waals surface area (Å²) in [5, 5.41) is 15.0. The van der Waals surface area contributed by atoms with E-state index in [0.29, 0.717) is 0 Å². The lowest BCUT2D eigenvalue weighted by atomic mass is 10.0. The lowest BCUT2D eigenvalue weighted by molar-refractivity contribution is -0.128. The van der Waals surface area contributed by atoms with Gasteiger partial charge in [0, 0.05) is 13.0 Å². The number of carbonyl (C=O) groups excluding carboxylic acids is 3. The molecule has 8 heteroatoms. The highest BCUT2D eigenvalue weighted by molar-refractivity contribution is 5.87. The zero-order chi connectivity index (χ0) is 22.8. The predicted molar refractivity (Wildman–Crippen MR) is 116 cm³/mol. The number of benzene rings is 2. The molecule has 166 valence electrons. The van der Waals surface area contributed by atoms with Gasteiger partial charge in [0.25, 0.3) is 0 Å². The van der Waals surface area contributed by atoms with E-state index < -0.39 is 30.1 Å². The maximum atomic E-state index is 12.2. The molecule has 5 N–H and O–H groups in total. The van der Waals surface area contributed by atoms with Crippen LogP contribution in [0.15, 0.2) is 48.5 Å². The highest BCUT2D eigenvalue weighted by Crippen LogP contribution is 2.12. The van der Waals surface area contributed by atoms with Gasteiger partial charge in [-0.2, -0.15) is 0 Å². The largest absolute Gasteiger partial charge is 0.445 e. The van der Waals surface area contributed by atoms with Gasteiger partial charge in [0.15, 0.2) is 0 Å². The number of hydrogen-bond acceptors (Lipinski definition) is 5. The van der Waals surface area contributed by atoms with Gasteiger partial charge in [-0.15, -0.1) is 0 Å². The van der Waals surface area contributed by atoms with Crippen LogP contribution in [-0.2, 0) is 27.4 Å². The van der Waals surface area contributed by atoms with E-state index >= 15 is 0 Å². The molecule has 0 unspecified atom stereocenters. The lowest BCUT2D eigenvalue weighted by Crippen LogP contribution is -2.47. The highest BCUT2D eigenvalue weighted by Gasteiger charge is 2.21. The highest BCUT2D eigenvalue weighted by atomic mass is 16.5. The molecule has 2 rings (SSSR count). The van der Waals surface area contributed by atoms with Gasteiger partial charge in [-0.1, -0.05) is 48.5 Å². The van der Waals surface area contributed by atoms with Crippen LogP contribution in [0, 0.1) is 13.8 Å². The molecule has 0 saturated carbocycles. The molecule has 0 aliphatic carbocycles. The maximum absolute atomic E-state index is 12.2. The van der Waals surface area contributed by atoms with Gasteiger partial charge in [0.1, 0.15) is 12.6 Å². The summed E-state index contributed by atoms with van der Waals surface area (Å²) in [6.45, 7) is 3.88. The Morgan fingerprint density at radius 1 is 1.03 bits per heavy atom. The van der Waals surface area contributed by atoms with E-state index in [1.807, 2.05) is 62.4 Å². The molecule has 2 atom stereocenters. The van der Waals surface area contributed by atoms with Crippen molar-refractivity contribution in [3.05, 3.63) is 70.8 Å². The Kier molecular flexibility index (Phi) is 9.02. The van der Waals surface area contributed by atoms with Gasteiger partial charge < -0.3 is 26.2 Å². The second-order valence-corrected chi connectivity index (χ2v) is 7.45. The quantitative estimate of drug-likeness (QED) is 0.456. The zero-order valence-electron chi connectivity index (χ0n) is 17.8. The fraction of sp³-hybridized carbons (Fsp3) is 0.348. The molecule has 0 radical (unpaired) electrons. The third-order valence-corrected chi connectivity index (χ3v) is 4.81. The van der Waals surface area contributed by atoms with Crippen molar-refractivity contribution >= 4 is 17.9 Å². The minimum Gasteiger partial charge on any atom is -0.445 e. The van der Waals surface area contributed by atoms with E-state index in [1.165, 1.54) is 0 Å². The summed E-state index contributed by atoms with van der Waals surface area (Å²) in [7, 11) is 0. The molecule has 0 aliphatic rings. The fourth-order valence-corrected chi connectivity index (χ4v) is 2.90. The number of nitrogens with one attached hydrogen (secondary N) is 2. The van der Waals surface area contributed by atoms with Crippen LogP contribution in [0.2, 0.25) is 0 Å². The van der Waals surface area contributed by atoms with Crippen molar-refractivity contribution in [2.24, 2.45) is 5.73 Å². The van der Waals surface area contributed by atoms with Crippen molar-refractivity contribution in [1.82, 2.24) is 10.6 Å². The number of aryl methyl sites for hydroxylation is 2. The van der Waals surface area contributed by atoms with Crippen molar-refractivity contribution in [2.75, 3.05) is 6.54 Å². The van der Waals surface area contributed by atoms with E-state index in [0.717, 1.165) is 22.3 Å². The van der Waals surface area contributed by atoms with Crippen LogP contribution in [0.1, 0.15) is 28.7 Å². The lowest BCUT2D eigenvalue weighted by Gasteiger charge is -2.18. The van der Waals surface area contributed by atoms with E-state index in [-0.39, 0.29) is 26.0 Å². The number of primary amides is 1. The standard InChI is InChI=1S/C23H29N3O5/c1-15-8-9-18(10-16(15)2)11-20(22(24)29)26-21(28)12-19(27)13-25-23(30)31-14-17-6-4-3-5-7-17/h3-10,19-20,27H,11-14H2,1-2H3,(H2,24,29)(H,25,30)(H,26,28)/t19-,20+/m0/s1. The predicted octanol–water partition coefficient (Wildman–Crippen LogP) is 1.49. The van der Waals surface area contributed by atoms with E-state index in [1.54, 1.807) is 0 Å². The summed E-state index contributed by atoms with van der Waals surface area (Å²) in [4.78, 5) is 35.7. The van der Waals surface area contributed by atoms with Crippen molar-refractivity contribution in [1.29, 1.82) is 0 Å². The molecule has 8 nitrogen and oxygen atoms in total. The van der Waals surface area contributed by atoms with Crippen LogP contribution in [0.3, 0.4) is 0 Å². The molecule has 0 fully saturated rings. The Hall–Kier alpha value is -3.39. The molecule has 0 aliphatic heterocycles. The topological polar surface area (TPSA) is 131 Å². The number of amides is 3. The Bertz CT molecular complexity index is 901. The van der Waals surface area contributed by atoms with E-state index in [9.17, 15) is 19.5 Å². The van der Waals surface area contributed by atoms with Crippen LogP contribution in [-0.4, -0.2) is 41.7 Å². The molecule has 2 aromatic rings. The number of aliphatic hydroxyl groups is 1. The maximum Gasteiger partial charge on any atom is 0.407 e. The molecule has 31 heavy (non-hydrogen) atoms. The Balaban J connectivity index is 1.76. The van der Waals surface area contributed by atoms with Gasteiger partial charge in [-0.3, -0.25) is 9.59 Å². The Labute approximate surface area is 181 Å². The fourth-order valence-electron chi connectivity index (χ4n) is 2.90. The van der Waals surface area contributed by atoms with Gasteiger partial charge >= 0.3 is 6.09 Å². The van der Waals surface area contributed by atoms with Gasteiger partial charge in [0.05, 0.1) is 12.5 Å². The minimum absolute atomic E-state index is 0.0992. The van der Waals surface area contributed by atoms with Gasteiger partial charge in [0.2, 0.25) is 11.8 Å². The summed E-state index contributed by atoms with van der Waals surface area (Å²) in [5.74, 6) is -1.21. The summed E-state index contributed by atoms with van der Waals surface area (Å²) >= 11 is 0. The molecular weight excluding hydrogens is 398 g/mol. The second kappa shape index (κ2) is 11.7. The number of carbonyl (C=O) groups is 3. The van der Waals surface area contributed by atoms with Crippen LogP contribution in [0.4, 0.5) is 4.79 Å². The Morgan fingerprint density at radius 3 is 2.39 bits per heavy atom. The summed E-state index contributed by atoms with van der Waals surface area (Å²) in [5.41, 5.74) is 9.33. The molecule has 2 aromatic carbocycles. The monoisotopic (exact) mass is 427 g/mol. The van der Waals surface area contributed by atoms with Crippen molar-refractivity contribution in [3.63, 3.8) is 0 Å². The normalized spacial score (nSPS) is 12.5. The molecule has 0 bridgehead atoms. The number of alkyl carbamates (subject to hydrolysis) is 1. The molecule has 3 amide bonds. The SMILES string of the molecule is Cc1ccc(C[C@@H](NC(=O)C[C@H](O)CNC(=O)OCc2ccccc2)C(N)=O)cc1C. The number of ether oxygens (including phenoxy) is 1. The second-order valence-electron chi connectivity index (χ2n) is 7.45. The molecule has 0 saturated heterocycles. The van der Waals surface area contributed by atoms with Crippen LogP contribution in [0.25, 0.3) is 0 Å². The minimum atomic E-state index is -1.14. The van der Waals surface area contributed by atoms with Crippen molar-refractivity contribution < 1.29 is 24.2 Å². The third kappa shape index (κ3) is 8.47. The molecule has 0 aromatic heterocycles. The van der Waals surface area contributed by atoms with Gasteiger partial charge in [-0.25, -0.2) is 4.79 Å².